The molecule has 0 bridgehead atoms. The molecule has 0 radical (unpaired) electrons. The first-order valence-electron chi connectivity index (χ1n) is 5.65. The topological polar surface area (TPSA) is 85.1 Å². The minimum Gasteiger partial charge on any atom is -0.307 e. The zero-order valence-corrected chi connectivity index (χ0v) is 11.2. The predicted octanol–water partition coefficient (Wildman–Crippen LogP) is 3.20. The van der Waals surface area contributed by atoms with E-state index in [1.807, 2.05) is 6.92 Å². The first-order chi connectivity index (χ1) is 9.47. The molecule has 0 aliphatic rings. The van der Waals surface area contributed by atoms with Crippen LogP contribution < -0.4 is 5.32 Å². The molecule has 2 aromatic rings. The lowest BCUT2D eigenvalue weighted by molar-refractivity contribution is -0.384. The molecule has 0 atom stereocenters. The van der Waals surface area contributed by atoms with Crippen LogP contribution in [0.2, 0.25) is 5.02 Å². The van der Waals surface area contributed by atoms with Gasteiger partial charge in [-0.05, 0) is 24.6 Å². The number of nitro benzene ring substituents is 1. The fourth-order valence-electron chi connectivity index (χ4n) is 1.53. The lowest BCUT2D eigenvalue weighted by atomic mass is 10.2. The van der Waals surface area contributed by atoms with Crippen LogP contribution in [0.1, 0.15) is 15.9 Å². The highest BCUT2D eigenvalue weighted by atomic mass is 35.5. The van der Waals surface area contributed by atoms with Gasteiger partial charge >= 0.3 is 0 Å². The van der Waals surface area contributed by atoms with Crippen molar-refractivity contribution in [3.8, 4) is 0 Å². The van der Waals surface area contributed by atoms with Crippen LogP contribution in [0.4, 0.5) is 11.5 Å². The highest BCUT2D eigenvalue weighted by molar-refractivity contribution is 6.34. The quantitative estimate of drug-likeness (QED) is 0.695. The number of hydrogen-bond acceptors (Lipinski definition) is 4. The highest BCUT2D eigenvalue weighted by Gasteiger charge is 2.16. The fourth-order valence-corrected chi connectivity index (χ4v) is 1.73. The van der Waals surface area contributed by atoms with E-state index < -0.39 is 10.8 Å². The maximum absolute atomic E-state index is 12.0. The van der Waals surface area contributed by atoms with Gasteiger partial charge in [-0.25, -0.2) is 4.98 Å². The minimum absolute atomic E-state index is 0.0308. The monoisotopic (exact) mass is 291 g/mol. The molecule has 1 N–H and O–H groups in total. The van der Waals surface area contributed by atoms with Crippen molar-refractivity contribution in [2.24, 2.45) is 0 Å². The van der Waals surface area contributed by atoms with Gasteiger partial charge in [0.1, 0.15) is 5.82 Å². The number of hydrogen-bond donors (Lipinski definition) is 1. The Kier molecular flexibility index (Phi) is 3.95. The fraction of sp³-hybridized carbons (Fsp3) is 0.0769. The third-order valence-electron chi connectivity index (χ3n) is 2.56. The molecule has 1 heterocycles. The molecular formula is C13H10ClN3O3. The summed E-state index contributed by atoms with van der Waals surface area (Å²) in [6.45, 7) is 1.87. The van der Waals surface area contributed by atoms with Crippen LogP contribution in [0.3, 0.4) is 0 Å². The molecule has 1 amide bonds. The Balaban J connectivity index is 2.26. The molecule has 0 aliphatic carbocycles. The van der Waals surface area contributed by atoms with E-state index in [0.717, 1.165) is 11.6 Å². The number of aromatic nitrogens is 1. The van der Waals surface area contributed by atoms with Gasteiger partial charge in [0.2, 0.25) is 0 Å². The Morgan fingerprint density at radius 3 is 2.70 bits per heavy atom. The Bertz CT molecular complexity index is 671. The second-order valence-electron chi connectivity index (χ2n) is 4.10. The summed E-state index contributed by atoms with van der Waals surface area (Å²) in [6.07, 6.45) is 1.60. The van der Waals surface area contributed by atoms with Crippen molar-refractivity contribution in [1.82, 2.24) is 4.98 Å². The summed E-state index contributed by atoms with van der Waals surface area (Å²) >= 11 is 5.88. The summed E-state index contributed by atoms with van der Waals surface area (Å²) in [6, 6.07) is 7.11. The molecule has 0 saturated heterocycles. The smallest absolute Gasteiger partial charge is 0.270 e. The van der Waals surface area contributed by atoms with Gasteiger partial charge in [-0.2, -0.15) is 0 Å². The molecule has 0 fully saturated rings. The first kappa shape index (κ1) is 14.0. The molecular weight excluding hydrogens is 282 g/mol. The summed E-state index contributed by atoms with van der Waals surface area (Å²) < 4.78 is 0. The number of benzene rings is 1. The zero-order valence-electron chi connectivity index (χ0n) is 10.5. The predicted molar refractivity (Wildman–Crippen MR) is 75.0 cm³/mol. The van der Waals surface area contributed by atoms with Crippen molar-refractivity contribution in [2.45, 2.75) is 6.92 Å². The second-order valence-corrected chi connectivity index (χ2v) is 4.50. The summed E-state index contributed by atoms with van der Waals surface area (Å²) in [5, 5.41) is 13.4. The zero-order chi connectivity index (χ0) is 14.7. The van der Waals surface area contributed by atoms with Crippen molar-refractivity contribution >= 4 is 29.0 Å². The first-order valence-corrected chi connectivity index (χ1v) is 6.03. The number of nitro groups is 1. The molecule has 0 saturated carbocycles. The maximum atomic E-state index is 12.0. The van der Waals surface area contributed by atoms with Crippen molar-refractivity contribution in [2.75, 3.05) is 5.32 Å². The molecule has 7 heteroatoms. The molecule has 2 rings (SSSR count). The van der Waals surface area contributed by atoms with E-state index in [-0.39, 0.29) is 16.3 Å². The summed E-state index contributed by atoms with van der Waals surface area (Å²) in [4.78, 5) is 26.2. The van der Waals surface area contributed by atoms with Crippen molar-refractivity contribution in [3.63, 3.8) is 0 Å². The molecule has 20 heavy (non-hydrogen) atoms. The Labute approximate surface area is 119 Å². The maximum Gasteiger partial charge on any atom is 0.270 e. The van der Waals surface area contributed by atoms with Gasteiger partial charge in [0.05, 0.1) is 15.5 Å². The number of halogens is 1. The summed E-state index contributed by atoms with van der Waals surface area (Å²) in [7, 11) is 0. The van der Waals surface area contributed by atoms with E-state index in [0.29, 0.717) is 5.82 Å². The lowest BCUT2D eigenvalue weighted by Gasteiger charge is -2.06. The molecule has 102 valence electrons. The van der Waals surface area contributed by atoms with Crippen LogP contribution in [0, 0.1) is 17.0 Å². The number of non-ortho nitro benzene ring substituents is 1. The van der Waals surface area contributed by atoms with Crippen LogP contribution in [0.15, 0.2) is 36.5 Å². The number of pyridine rings is 1. The van der Waals surface area contributed by atoms with E-state index in [1.54, 1.807) is 18.3 Å². The van der Waals surface area contributed by atoms with Gasteiger partial charge in [-0.3, -0.25) is 14.9 Å². The van der Waals surface area contributed by atoms with Gasteiger partial charge < -0.3 is 5.32 Å². The standard InChI is InChI=1S/C13H10ClN3O3/c1-8-2-5-12(15-7-8)16-13(18)10-6-9(17(19)20)3-4-11(10)14/h2-7H,1H3,(H,15,16,18). The van der Waals surface area contributed by atoms with Crippen LogP contribution in [-0.2, 0) is 0 Å². The third kappa shape index (κ3) is 3.10. The average Bonchev–Trinajstić information content (AvgIpc) is 2.41. The minimum atomic E-state index is -0.586. The molecule has 1 aromatic heterocycles. The number of nitrogens with zero attached hydrogens (tertiary/aromatic N) is 2. The molecule has 0 unspecified atom stereocenters. The normalized spacial score (nSPS) is 10.1. The summed E-state index contributed by atoms with van der Waals surface area (Å²) in [5.41, 5.74) is 0.788. The Morgan fingerprint density at radius 1 is 1.35 bits per heavy atom. The number of carbonyl (C=O) groups excluding carboxylic acids is 1. The number of anilines is 1. The van der Waals surface area contributed by atoms with Gasteiger partial charge in [-0.15, -0.1) is 0 Å². The molecule has 0 aliphatic heterocycles. The van der Waals surface area contributed by atoms with Gasteiger partial charge in [0.25, 0.3) is 11.6 Å². The van der Waals surface area contributed by atoms with Crippen LogP contribution >= 0.6 is 11.6 Å². The van der Waals surface area contributed by atoms with E-state index >= 15 is 0 Å². The number of amides is 1. The van der Waals surface area contributed by atoms with Gasteiger partial charge in [0.15, 0.2) is 0 Å². The van der Waals surface area contributed by atoms with Crippen molar-refractivity contribution in [3.05, 3.63) is 62.8 Å². The van der Waals surface area contributed by atoms with Crippen molar-refractivity contribution < 1.29 is 9.72 Å². The van der Waals surface area contributed by atoms with Gasteiger partial charge in [-0.1, -0.05) is 17.7 Å². The van der Waals surface area contributed by atoms with Gasteiger partial charge in [0, 0.05) is 18.3 Å². The van der Waals surface area contributed by atoms with Crippen LogP contribution in [0.5, 0.6) is 0 Å². The van der Waals surface area contributed by atoms with Crippen LogP contribution in [-0.4, -0.2) is 15.8 Å². The highest BCUT2D eigenvalue weighted by Crippen LogP contribution is 2.22. The van der Waals surface area contributed by atoms with E-state index in [2.05, 4.69) is 10.3 Å². The third-order valence-corrected chi connectivity index (χ3v) is 2.89. The number of carbonyl (C=O) groups is 1. The Morgan fingerprint density at radius 2 is 2.10 bits per heavy atom. The largest absolute Gasteiger partial charge is 0.307 e. The Hall–Kier alpha value is -2.47. The second kappa shape index (κ2) is 5.66. The number of nitrogens with one attached hydrogen (secondary N) is 1. The summed E-state index contributed by atoms with van der Waals surface area (Å²) in [5.74, 6) is -0.196. The molecule has 0 spiro atoms. The number of rotatable bonds is 3. The SMILES string of the molecule is Cc1ccc(NC(=O)c2cc([N+](=O)[O-])ccc2Cl)nc1. The molecule has 6 nitrogen and oxygen atoms in total. The molecule has 1 aromatic carbocycles. The number of aryl methyl sites for hydroxylation is 1. The van der Waals surface area contributed by atoms with E-state index in [4.69, 9.17) is 11.6 Å². The van der Waals surface area contributed by atoms with E-state index in [1.165, 1.54) is 12.1 Å². The average molecular weight is 292 g/mol. The lowest BCUT2D eigenvalue weighted by Crippen LogP contribution is -2.13. The van der Waals surface area contributed by atoms with Crippen molar-refractivity contribution in [1.29, 1.82) is 0 Å². The van der Waals surface area contributed by atoms with Crippen LogP contribution in [0.25, 0.3) is 0 Å². The van der Waals surface area contributed by atoms with E-state index in [9.17, 15) is 14.9 Å².